The fourth-order valence-corrected chi connectivity index (χ4v) is 4.65. The number of hydrogen-bond acceptors (Lipinski definition) is 3. The van der Waals surface area contributed by atoms with Gasteiger partial charge in [-0.3, -0.25) is 9.69 Å². The maximum absolute atomic E-state index is 12.2. The Morgan fingerprint density at radius 1 is 1.21 bits per heavy atom. The molecule has 3 aliphatic rings. The van der Waals surface area contributed by atoms with Crippen molar-refractivity contribution >= 4 is 5.91 Å². The van der Waals surface area contributed by atoms with Crippen molar-refractivity contribution in [3.8, 4) is 0 Å². The lowest BCUT2D eigenvalue weighted by atomic mass is 9.73. The standard InChI is InChI=1S/C20H30N2O2/c1-2-4-17-7-8-18(24-17)13-21-12-3-10-20(14-21)11-9-19(23)22(15-20)16-5-6-16/h7-8,16H,2-6,9-15H2,1H3/t20-/m0/s1. The predicted octanol–water partition coefficient (Wildman–Crippen LogP) is 3.60. The second-order valence-corrected chi connectivity index (χ2v) is 8.19. The van der Waals surface area contributed by atoms with E-state index in [4.69, 9.17) is 4.42 Å². The van der Waals surface area contributed by atoms with Gasteiger partial charge in [-0.2, -0.15) is 0 Å². The number of carbonyl (C=O) groups excluding carboxylic acids is 1. The predicted molar refractivity (Wildman–Crippen MR) is 93.6 cm³/mol. The van der Waals surface area contributed by atoms with Gasteiger partial charge in [0, 0.05) is 37.4 Å². The summed E-state index contributed by atoms with van der Waals surface area (Å²) in [5.41, 5.74) is 0.327. The highest BCUT2D eigenvalue weighted by molar-refractivity contribution is 5.78. The zero-order valence-corrected chi connectivity index (χ0v) is 14.9. The number of furan rings is 1. The van der Waals surface area contributed by atoms with E-state index in [1.54, 1.807) is 0 Å². The van der Waals surface area contributed by atoms with Gasteiger partial charge in [0.1, 0.15) is 11.5 Å². The highest BCUT2D eigenvalue weighted by Crippen LogP contribution is 2.42. The summed E-state index contributed by atoms with van der Waals surface area (Å²) in [5, 5.41) is 0. The van der Waals surface area contributed by atoms with Crippen LogP contribution in [0, 0.1) is 5.41 Å². The molecule has 4 heteroatoms. The van der Waals surface area contributed by atoms with Gasteiger partial charge in [-0.25, -0.2) is 0 Å². The third-order valence-electron chi connectivity index (χ3n) is 6.02. The van der Waals surface area contributed by atoms with Crippen LogP contribution in [0.15, 0.2) is 16.5 Å². The Labute approximate surface area is 145 Å². The van der Waals surface area contributed by atoms with E-state index in [-0.39, 0.29) is 0 Å². The van der Waals surface area contributed by atoms with E-state index in [2.05, 4.69) is 28.9 Å². The average Bonchev–Trinajstić information content (AvgIpc) is 3.32. The molecule has 3 heterocycles. The molecular weight excluding hydrogens is 300 g/mol. The summed E-state index contributed by atoms with van der Waals surface area (Å²) in [7, 11) is 0. The molecular formula is C20H30N2O2. The lowest BCUT2D eigenvalue weighted by molar-refractivity contribution is -0.140. The third-order valence-corrected chi connectivity index (χ3v) is 6.02. The Morgan fingerprint density at radius 3 is 2.83 bits per heavy atom. The molecule has 1 aliphatic carbocycles. The average molecular weight is 330 g/mol. The highest BCUT2D eigenvalue weighted by Gasteiger charge is 2.45. The monoisotopic (exact) mass is 330 g/mol. The van der Waals surface area contributed by atoms with Gasteiger partial charge in [0.15, 0.2) is 0 Å². The van der Waals surface area contributed by atoms with Crippen LogP contribution in [0.3, 0.4) is 0 Å². The minimum Gasteiger partial charge on any atom is -0.465 e. The third kappa shape index (κ3) is 3.39. The summed E-state index contributed by atoms with van der Waals surface area (Å²) < 4.78 is 5.98. The minimum absolute atomic E-state index is 0.327. The Hall–Kier alpha value is -1.29. The van der Waals surface area contributed by atoms with Crippen molar-refractivity contribution in [3.05, 3.63) is 23.7 Å². The van der Waals surface area contributed by atoms with Crippen LogP contribution >= 0.6 is 0 Å². The van der Waals surface area contributed by atoms with Crippen LogP contribution in [0.4, 0.5) is 0 Å². The largest absolute Gasteiger partial charge is 0.465 e. The smallest absolute Gasteiger partial charge is 0.222 e. The van der Waals surface area contributed by atoms with Crippen molar-refractivity contribution in [3.63, 3.8) is 0 Å². The topological polar surface area (TPSA) is 36.7 Å². The number of amides is 1. The molecule has 2 aliphatic heterocycles. The Morgan fingerprint density at radius 2 is 2.04 bits per heavy atom. The molecule has 4 rings (SSSR count). The van der Waals surface area contributed by atoms with E-state index in [0.29, 0.717) is 17.4 Å². The molecule has 2 saturated heterocycles. The summed E-state index contributed by atoms with van der Waals surface area (Å²) in [6, 6.07) is 4.84. The first-order valence-corrected chi connectivity index (χ1v) is 9.77. The quantitative estimate of drug-likeness (QED) is 0.828. The maximum atomic E-state index is 12.2. The first-order chi connectivity index (χ1) is 11.7. The lowest BCUT2D eigenvalue weighted by Gasteiger charge is -2.48. The normalized spacial score (nSPS) is 28.7. The second-order valence-electron chi connectivity index (χ2n) is 8.19. The molecule has 0 radical (unpaired) electrons. The molecule has 1 aromatic rings. The second kappa shape index (κ2) is 6.55. The number of likely N-dealkylation sites (tertiary alicyclic amines) is 2. The molecule has 0 unspecified atom stereocenters. The number of nitrogens with zero attached hydrogens (tertiary/aromatic N) is 2. The summed E-state index contributed by atoms with van der Waals surface area (Å²) in [5.74, 6) is 2.61. The van der Waals surface area contributed by atoms with E-state index in [0.717, 1.165) is 63.4 Å². The van der Waals surface area contributed by atoms with E-state index in [1.807, 2.05) is 0 Å². The maximum Gasteiger partial charge on any atom is 0.222 e. The van der Waals surface area contributed by atoms with Gasteiger partial charge in [-0.05, 0) is 57.2 Å². The van der Waals surface area contributed by atoms with Gasteiger partial charge in [0.25, 0.3) is 0 Å². The minimum atomic E-state index is 0.327. The van der Waals surface area contributed by atoms with Crippen molar-refractivity contribution < 1.29 is 9.21 Å². The van der Waals surface area contributed by atoms with Gasteiger partial charge >= 0.3 is 0 Å². The molecule has 1 atom stereocenters. The molecule has 1 amide bonds. The van der Waals surface area contributed by atoms with Crippen LogP contribution in [0.2, 0.25) is 0 Å². The van der Waals surface area contributed by atoms with Crippen LogP contribution in [0.1, 0.15) is 63.4 Å². The van der Waals surface area contributed by atoms with Crippen LogP contribution in [0.5, 0.6) is 0 Å². The summed E-state index contributed by atoms with van der Waals surface area (Å²) in [6.45, 7) is 6.37. The lowest BCUT2D eigenvalue weighted by Crippen LogP contribution is -2.54. The van der Waals surface area contributed by atoms with Crippen LogP contribution < -0.4 is 0 Å². The zero-order chi connectivity index (χ0) is 16.6. The molecule has 4 nitrogen and oxygen atoms in total. The Kier molecular flexibility index (Phi) is 4.42. The molecule has 1 spiro atoms. The SMILES string of the molecule is CCCc1ccc(CN2CCC[C@]3(CCC(=O)N(C4CC4)C3)C2)o1. The molecule has 1 saturated carbocycles. The number of rotatable bonds is 5. The summed E-state index contributed by atoms with van der Waals surface area (Å²) in [4.78, 5) is 17.0. The molecule has 0 bridgehead atoms. The van der Waals surface area contributed by atoms with Gasteiger partial charge in [-0.1, -0.05) is 6.92 Å². The summed E-state index contributed by atoms with van der Waals surface area (Å²) in [6.07, 6.45) is 8.95. The first-order valence-electron chi connectivity index (χ1n) is 9.77. The van der Waals surface area contributed by atoms with Crippen LogP contribution in [0.25, 0.3) is 0 Å². The van der Waals surface area contributed by atoms with E-state index in [9.17, 15) is 4.79 Å². The van der Waals surface area contributed by atoms with E-state index in [1.165, 1.54) is 25.7 Å². The summed E-state index contributed by atoms with van der Waals surface area (Å²) >= 11 is 0. The highest BCUT2D eigenvalue weighted by atomic mass is 16.3. The number of hydrogen-bond donors (Lipinski definition) is 0. The van der Waals surface area contributed by atoms with E-state index < -0.39 is 0 Å². The number of piperidine rings is 2. The number of carbonyl (C=O) groups is 1. The van der Waals surface area contributed by atoms with Gasteiger partial charge < -0.3 is 9.32 Å². The molecule has 3 fully saturated rings. The van der Waals surface area contributed by atoms with Gasteiger partial charge in [-0.15, -0.1) is 0 Å². The van der Waals surface area contributed by atoms with Crippen LogP contribution in [-0.4, -0.2) is 41.4 Å². The van der Waals surface area contributed by atoms with Crippen LogP contribution in [-0.2, 0) is 17.8 Å². The number of aryl methyl sites for hydroxylation is 1. The van der Waals surface area contributed by atoms with Crippen molar-refractivity contribution in [2.24, 2.45) is 5.41 Å². The fraction of sp³-hybridized carbons (Fsp3) is 0.750. The van der Waals surface area contributed by atoms with Crippen molar-refractivity contribution in [1.29, 1.82) is 0 Å². The van der Waals surface area contributed by atoms with E-state index >= 15 is 0 Å². The van der Waals surface area contributed by atoms with Gasteiger partial charge in [0.05, 0.1) is 6.54 Å². The molecule has 0 aromatic carbocycles. The van der Waals surface area contributed by atoms with Crippen molar-refractivity contribution in [1.82, 2.24) is 9.80 Å². The fourth-order valence-electron chi connectivity index (χ4n) is 4.65. The van der Waals surface area contributed by atoms with Crippen molar-refractivity contribution in [2.45, 2.75) is 70.9 Å². The molecule has 24 heavy (non-hydrogen) atoms. The Bertz CT molecular complexity index is 592. The molecule has 1 aromatic heterocycles. The Balaban J connectivity index is 1.40. The molecule has 0 N–H and O–H groups in total. The zero-order valence-electron chi connectivity index (χ0n) is 14.9. The molecule has 132 valence electrons. The van der Waals surface area contributed by atoms with Crippen molar-refractivity contribution in [2.75, 3.05) is 19.6 Å². The van der Waals surface area contributed by atoms with Gasteiger partial charge in [0.2, 0.25) is 5.91 Å². The first kappa shape index (κ1) is 16.2.